The van der Waals surface area contributed by atoms with Crippen LogP contribution in [0.2, 0.25) is 15.1 Å². The number of carbonyl (C=O) groups is 1. The number of aromatic nitrogens is 3. The molecule has 2 aromatic carbocycles. The molecular weight excluding hydrogens is 451 g/mol. The molecular formula is C20H17Cl3N4OS. The van der Waals surface area contributed by atoms with Crippen molar-refractivity contribution >= 4 is 58.5 Å². The Kier molecular flexibility index (Phi) is 7.61. The Balaban J connectivity index is 1.55. The van der Waals surface area contributed by atoms with Gasteiger partial charge in [-0.2, -0.15) is 0 Å². The minimum Gasteiger partial charge on any atom is -0.345 e. The van der Waals surface area contributed by atoms with Crippen LogP contribution in [0.15, 0.2) is 53.7 Å². The summed E-state index contributed by atoms with van der Waals surface area (Å²) in [4.78, 5) is 12.1. The van der Waals surface area contributed by atoms with E-state index in [2.05, 4.69) is 15.5 Å². The highest BCUT2D eigenvalue weighted by Crippen LogP contribution is 2.27. The minimum atomic E-state index is -0.241. The molecule has 0 saturated heterocycles. The summed E-state index contributed by atoms with van der Waals surface area (Å²) in [6.07, 6.45) is 3.11. The molecule has 3 rings (SSSR count). The predicted octanol–water partition coefficient (Wildman–Crippen LogP) is 5.40. The van der Waals surface area contributed by atoms with Gasteiger partial charge in [0.15, 0.2) is 11.0 Å². The van der Waals surface area contributed by atoms with Crippen LogP contribution in [0.5, 0.6) is 0 Å². The molecule has 0 atom stereocenters. The summed E-state index contributed by atoms with van der Waals surface area (Å²) in [7, 11) is 1.85. The van der Waals surface area contributed by atoms with Gasteiger partial charge in [0.2, 0.25) is 5.91 Å². The van der Waals surface area contributed by atoms with E-state index < -0.39 is 0 Å². The number of benzene rings is 2. The van der Waals surface area contributed by atoms with Crippen molar-refractivity contribution in [3.05, 3.63) is 80.6 Å². The Morgan fingerprint density at radius 3 is 2.69 bits per heavy atom. The summed E-state index contributed by atoms with van der Waals surface area (Å²) in [5.41, 5.74) is 1.74. The molecule has 0 aliphatic carbocycles. The molecule has 0 fully saturated rings. The summed E-state index contributed by atoms with van der Waals surface area (Å²) in [5, 5.41) is 13.7. The molecule has 0 radical (unpaired) electrons. The highest BCUT2D eigenvalue weighted by molar-refractivity contribution is 7.98. The zero-order valence-electron chi connectivity index (χ0n) is 15.4. The summed E-state index contributed by atoms with van der Waals surface area (Å²) >= 11 is 19.7. The first-order valence-corrected chi connectivity index (χ1v) is 10.7. The molecule has 29 heavy (non-hydrogen) atoms. The lowest BCUT2D eigenvalue weighted by Gasteiger charge is -2.06. The standard InChI is InChI=1S/C20H17Cl3N4OS/c1-27-18(11-24-19(28)9-7-13-4-2-3-5-16(13)22)25-26-20(27)29-12-14-6-8-15(21)10-17(14)23/h2-10H,11-12H2,1H3,(H,24,28)/b9-7+. The summed E-state index contributed by atoms with van der Waals surface area (Å²) < 4.78 is 1.84. The van der Waals surface area contributed by atoms with Crippen LogP contribution in [0.1, 0.15) is 17.0 Å². The Hall–Kier alpha value is -1.99. The topological polar surface area (TPSA) is 59.8 Å². The zero-order chi connectivity index (χ0) is 20.8. The summed E-state index contributed by atoms with van der Waals surface area (Å²) in [6, 6.07) is 12.7. The quantitative estimate of drug-likeness (QED) is 0.373. The van der Waals surface area contributed by atoms with Crippen molar-refractivity contribution < 1.29 is 4.79 Å². The number of nitrogens with zero attached hydrogens (tertiary/aromatic N) is 3. The normalized spacial score (nSPS) is 11.2. The van der Waals surface area contributed by atoms with Crippen molar-refractivity contribution in [1.82, 2.24) is 20.1 Å². The van der Waals surface area contributed by atoms with Crippen LogP contribution in [-0.4, -0.2) is 20.7 Å². The monoisotopic (exact) mass is 466 g/mol. The van der Waals surface area contributed by atoms with Crippen LogP contribution in [0.25, 0.3) is 6.08 Å². The maximum atomic E-state index is 12.1. The second kappa shape index (κ2) is 10.2. The van der Waals surface area contributed by atoms with Crippen molar-refractivity contribution in [2.24, 2.45) is 7.05 Å². The highest BCUT2D eigenvalue weighted by atomic mass is 35.5. The van der Waals surface area contributed by atoms with Gasteiger partial charge in [-0.05, 0) is 35.4 Å². The molecule has 1 N–H and O–H groups in total. The van der Waals surface area contributed by atoms with Gasteiger partial charge in [-0.15, -0.1) is 10.2 Å². The van der Waals surface area contributed by atoms with Gasteiger partial charge in [0, 0.05) is 33.9 Å². The van der Waals surface area contributed by atoms with Crippen molar-refractivity contribution in [3.63, 3.8) is 0 Å². The van der Waals surface area contributed by atoms with E-state index in [0.717, 1.165) is 16.3 Å². The highest BCUT2D eigenvalue weighted by Gasteiger charge is 2.11. The van der Waals surface area contributed by atoms with Gasteiger partial charge >= 0.3 is 0 Å². The van der Waals surface area contributed by atoms with Gasteiger partial charge in [0.05, 0.1) is 6.54 Å². The largest absolute Gasteiger partial charge is 0.345 e. The molecule has 0 spiro atoms. The summed E-state index contributed by atoms with van der Waals surface area (Å²) in [5.74, 6) is 1.04. The molecule has 0 bridgehead atoms. The Morgan fingerprint density at radius 2 is 1.93 bits per heavy atom. The van der Waals surface area contributed by atoms with Gasteiger partial charge < -0.3 is 9.88 Å². The van der Waals surface area contributed by atoms with Crippen molar-refractivity contribution in [2.75, 3.05) is 0 Å². The van der Waals surface area contributed by atoms with Gasteiger partial charge in [-0.3, -0.25) is 4.79 Å². The first kappa shape index (κ1) is 21.7. The third kappa shape index (κ3) is 6.00. The predicted molar refractivity (Wildman–Crippen MR) is 119 cm³/mol. The van der Waals surface area contributed by atoms with E-state index >= 15 is 0 Å². The molecule has 5 nitrogen and oxygen atoms in total. The zero-order valence-corrected chi connectivity index (χ0v) is 18.5. The van der Waals surface area contributed by atoms with Crippen LogP contribution in [-0.2, 0) is 24.1 Å². The fraction of sp³-hybridized carbons (Fsp3) is 0.150. The van der Waals surface area contributed by atoms with Gasteiger partial charge in [-0.1, -0.05) is 70.8 Å². The molecule has 1 aromatic heterocycles. The van der Waals surface area contributed by atoms with Gasteiger partial charge in [0.25, 0.3) is 0 Å². The van der Waals surface area contributed by atoms with E-state index in [-0.39, 0.29) is 12.5 Å². The number of nitrogens with one attached hydrogen (secondary N) is 1. The van der Waals surface area contributed by atoms with Crippen molar-refractivity contribution in [1.29, 1.82) is 0 Å². The lowest BCUT2D eigenvalue weighted by atomic mass is 10.2. The van der Waals surface area contributed by atoms with E-state index in [4.69, 9.17) is 34.8 Å². The van der Waals surface area contributed by atoms with Gasteiger partial charge in [-0.25, -0.2) is 0 Å². The number of amides is 1. The van der Waals surface area contributed by atoms with Crippen LogP contribution < -0.4 is 5.32 Å². The SMILES string of the molecule is Cn1c(CNC(=O)/C=C/c2ccccc2Cl)nnc1SCc1ccc(Cl)cc1Cl. The van der Waals surface area contributed by atoms with E-state index in [1.54, 1.807) is 24.3 Å². The first-order chi connectivity index (χ1) is 13.9. The molecule has 0 saturated carbocycles. The second-order valence-electron chi connectivity index (χ2n) is 6.05. The number of hydrogen-bond acceptors (Lipinski definition) is 4. The van der Waals surface area contributed by atoms with E-state index in [0.29, 0.717) is 26.6 Å². The molecule has 1 heterocycles. The summed E-state index contributed by atoms with van der Waals surface area (Å²) in [6.45, 7) is 0.261. The maximum Gasteiger partial charge on any atom is 0.244 e. The Morgan fingerprint density at radius 1 is 1.14 bits per heavy atom. The first-order valence-electron chi connectivity index (χ1n) is 8.59. The number of halogens is 3. The van der Waals surface area contributed by atoms with E-state index in [1.165, 1.54) is 17.8 Å². The van der Waals surface area contributed by atoms with Crippen LogP contribution >= 0.6 is 46.6 Å². The molecule has 150 valence electrons. The Labute approximate surface area is 188 Å². The number of carbonyl (C=O) groups excluding carboxylic acids is 1. The number of hydrogen-bond donors (Lipinski definition) is 1. The average molecular weight is 468 g/mol. The lowest BCUT2D eigenvalue weighted by Crippen LogP contribution is -2.22. The maximum absolute atomic E-state index is 12.1. The number of rotatable bonds is 7. The average Bonchev–Trinajstić information content (AvgIpc) is 3.05. The second-order valence-corrected chi connectivity index (χ2v) is 8.25. The Bertz CT molecular complexity index is 1050. The smallest absolute Gasteiger partial charge is 0.244 e. The van der Waals surface area contributed by atoms with Gasteiger partial charge in [0.1, 0.15) is 0 Å². The molecule has 0 aliphatic rings. The third-order valence-corrected chi connectivity index (χ3v) is 6.04. The molecule has 1 amide bonds. The fourth-order valence-corrected chi connectivity index (χ4v) is 4.09. The lowest BCUT2D eigenvalue weighted by molar-refractivity contribution is -0.116. The minimum absolute atomic E-state index is 0.241. The van der Waals surface area contributed by atoms with E-state index in [1.807, 2.05) is 35.9 Å². The third-order valence-electron chi connectivity index (χ3n) is 4.04. The fourth-order valence-electron chi connectivity index (χ4n) is 2.41. The molecule has 9 heteroatoms. The molecule has 3 aromatic rings. The molecule has 0 aliphatic heterocycles. The van der Waals surface area contributed by atoms with Crippen molar-refractivity contribution in [3.8, 4) is 0 Å². The van der Waals surface area contributed by atoms with Crippen LogP contribution in [0, 0.1) is 0 Å². The van der Waals surface area contributed by atoms with Crippen molar-refractivity contribution in [2.45, 2.75) is 17.5 Å². The van der Waals surface area contributed by atoms with E-state index in [9.17, 15) is 4.79 Å². The molecule has 0 unspecified atom stereocenters. The van der Waals surface area contributed by atoms with Crippen LogP contribution in [0.4, 0.5) is 0 Å². The number of thioether (sulfide) groups is 1. The van der Waals surface area contributed by atoms with Crippen LogP contribution in [0.3, 0.4) is 0 Å².